The van der Waals surface area contributed by atoms with Gasteiger partial charge in [-0.05, 0) is 12.8 Å². The van der Waals surface area contributed by atoms with Crippen LogP contribution < -0.4 is 5.73 Å². The van der Waals surface area contributed by atoms with Crippen molar-refractivity contribution in [3.63, 3.8) is 0 Å². The maximum Gasteiger partial charge on any atom is 0.307 e. The van der Waals surface area contributed by atoms with Gasteiger partial charge in [0, 0.05) is 17.0 Å². The third-order valence-electron chi connectivity index (χ3n) is 2.55. The Kier molecular flexibility index (Phi) is 4.76. The van der Waals surface area contributed by atoms with E-state index in [1.54, 1.807) is 0 Å². The molecule has 98 valence electrons. The van der Waals surface area contributed by atoms with Gasteiger partial charge >= 0.3 is 5.97 Å². The zero-order valence-corrected chi connectivity index (χ0v) is 10.6. The Morgan fingerprint density at radius 1 is 1.11 bits per heavy atom. The van der Waals surface area contributed by atoms with Gasteiger partial charge in [-0.25, -0.2) is 9.97 Å². The van der Waals surface area contributed by atoms with E-state index in [0.717, 1.165) is 0 Å². The summed E-state index contributed by atoms with van der Waals surface area (Å²) in [6.45, 7) is 3.78. The maximum absolute atomic E-state index is 10.9. The maximum atomic E-state index is 10.9. The van der Waals surface area contributed by atoms with Crippen LogP contribution in [0.25, 0.3) is 0 Å². The quantitative estimate of drug-likeness (QED) is 0.754. The number of carbonyl (C=O) groups excluding carboxylic acids is 1. The highest BCUT2D eigenvalue weighted by Gasteiger charge is 2.15. The van der Waals surface area contributed by atoms with Crippen molar-refractivity contribution in [3.8, 4) is 0 Å². The molecule has 0 unspecified atom stereocenters. The molecule has 0 radical (unpaired) electrons. The Bertz CT molecular complexity index is 447. The van der Waals surface area contributed by atoms with Gasteiger partial charge in [-0.2, -0.15) is 0 Å². The Balaban J connectivity index is 3.24. The molecule has 0 aliphatic heterocycles. The first kappa shape index (κ1) is 14.1. The molecule has 3 N–H and O–H groups in total. The molecule has 0 aromatic carbocycles. The number of aromatic nitrogens is 2. The molecule has 0 aliphatic rings. The third-order valence-corrected chi connectivity index (χ3v) is 2.55. The van der Waals surface area contributed by atoms with Crippen LogP contribution in [0.5, 0.6) is 0 Å². The lowest BCUT2D eigenvalue weighted by atomic mass is 10.0. The Labute approximate surface area is 105 Å². The topological polar surface area (TPSA) is 106 Å². The van der Waals surface area contributed by atoms with Crippen LogP contribution in [-0.2, 0) is 35.3 Å². The van der Waals surface area contributed by atoms with Gasteiger partial charge in [-0.15, -0.1) is 0 Å². The molecule has 1 heterocycles. The van der Waals surface area contributed by atoms with Crippen molar-refractivity contribution >= 4 is 11.9 Å². The number of carboxylic acid groups (broad SMARTS) is 1. The van der Waals surface area contributed by atoms with Crippen LogP contribution in [0.4, 0.5) is 0 Å². The summed E-state index contributed by atoms with van der Waals surface area (Å²) >= 11 is 0. The van der Waals surface area contributed by atoms with Gasteiger partial charge in [-0.3, -0.25) is 9.59 Å². The third kappa shape index (κ3) is 3.51. The van der Waals surface area contributed by atoms with E-state index < -0.39 is 11.9 Å². The average Bonchev–Trinajstić information content (AvgIpc) is 2.29. The first-order chi connectivity index (χ1) is 8.47. The van der Waals surface area contributed by atoms with E-state index in [1.807, 2.05) is 13.8 Å². The molecule has 0 atom stereocenters. The van der Waals surface area contributed by atoms with E-state index in [2.05, 4.69) is 9.97 Å². The molecule has 1 aromatic heterocycles. The van der Waals surface area contributed by atoms with E-state index in [-0.39, 0.29) is 12.8 Å². The number of aliphatic carboxylic acids is 1. The number of carboxylic acids is 1. The number of amides is 1. The van der Waals surface area contributed by atoms with Crippen LogP contribution in [0, 0.1) is 0 Å². The van der Waals surface area contributed by atoms with Gasteiger partial charge in [0.05, 0.1) is 12.8 Å². The normalized spacial score (nSPS) is 10.3. The lowest BCUT2D eigenvalue weighted by Crippen LogP contribution is -2.19. The van der Waals surface area contributed by atoms with Gasteiger partial charge in [0.2, 0.25) is 5.91 Å². The second kappa shape index (κ2) is 6.09. The summed E-state index contributed by atoms with van der Waals surface area (Å²) in [4.78, 5) is 30.2. The second-order valence-electron chi connectivity index (χ2n) is 3.93. The fraction of sp³-hybridized carbons (Fsp3) is 0.500. The smallest absolute Gasteiger partial charge is 0.307 e. The van der Waals surface area contributed by atoms with Crippen LogP contribution in [0.1, 0.15) is 36.6 Å². The van der Waals surface area contributed by atoms with Gasteiger partial charge in [0.1, 0.15) is 5.82 Å². The number of aryl methyl sites for hydroxylation is 2. The summed E-state index contributed by atoms with van der Waals surface area (Å²) in [7, 11) is 0. The van der Waals surface area contributed by atoms with Crippen LogP contribution in [0.3, 0.4) is 0 Å². The standard InChI is InChI=1S/C12H17N3O3/c1-3-8-7(5-12(17)18)9(4-2)15-11(14-8)6-10(13)16/h3-6H2,1-2H3,(H2,13,16)(H,17,18). The van der Waals surface area contributed by atoms with E-state index in [1.165, 1.54) is 0 Å². The van der Waals surface area contributed by atoms with Crippen molar-refractivity contribution in [3.05, 3.63) is 22.8 Å². The fourth-order valence-electron chi connectivity index (χ4n) is 1.81. The lowest BCUT2D eigenvalue weighted by Gasteiger charge is -2.11. The number of carbonyl (C=O) groups is 2. The van der Waals surface area contributed by atoms with Crippen molar-refractivity contribution in [2.45, 2.75) is 39.5 Å². The second-order valence-corrected chi connectivity index (χ2v) is 3.93. The highest BCUT2D eigenvalue weighted by atomic mass is 16.4. The largest absolute Gasteiger partial charge is 0.481 e. The summed E-state index contributed by atoms with van der Waals surface area (Å²) in [6.07, 6.45) is 1.09. The molecular weight excluding hydrogens is 234 g/mol. The van der Waals surface area contributed by atoms with Crippen LogP contribution >= 0.6 is 0 Å². The Morgan fingerprint density at radius 3 is 1.94 bits per heavy atom. The Hall–Kier alpha value is -1.98. The SMILES string of the molecule is CCc1nc(CC(N)=O)nc(CC)c1CC(=O)O. The van der Waals surface area contributed by atoms with Crippen molar-refractivity contribution in [1.29, 1.82) is 0 Å². The molecule has 1 amide bonds. The number of rotatable bonds is 6. The summed E-state index contributed by atoms with van der Waals surface area (Å²) < 4.78 is 0. The molecule has 1 rings (SSSR count). The molecule has 0 spiro atoms. The van der Waals surface area contributed by atoms with Crippen molar-refractivity contribution in [2.24, 2.45) is 5.73 Å². The first-order valence-electron chi connectivity index (χ1n) is 5.85. The number of hydrogen-bond donors (Lipinski definition) is 2. The predicted octanol–water partition coefficient (Wildman–Crippen LogP) is 0.256. The van der Waals surface area contributed by atoms with E-state index in [0.29, 0.717) is 35.6 Å². The molecule has 1 aromatic rings. The molecule has 0 saturated carbocycles. The summed E-state index contributed by atoms with van der Waals surface area (Å²) in [6, 6.07) is 0. The first-order valence-corrected chi connectivity index (χ1v) is 5.85. The summed E-state index contributed by atoms with van der Waals surface area (Å²) in [5.74, 6) is -1.04. The molecule has 0 bridgehead atoms. The monoisotopic (exact) mass is 251 g/mol. The number of nitrogens with zero attached hydrogens (tertiary/aromatic N) is 2. The van der Waals surface area contributed by atoms with E-state index in [4.69, 9.17) is 10.8 Å². The molecule has 0 fully saturated rings. The minimum Gasteiger partial charge on any atom is -0.481 e. The van der Waals surface area contributed by atoms with Gasteiger partial charge in [-0.1, -0.05) is 13.8 Å². The number of primary amides is 1. The molecule has 18 heavy (non-hydrogen) atoms. The number of hydrogen-bond acceptors (Lipinski definition) is 4. The summed E-state index contributed by atoms with van der Waals surface area (Å²) in [5.41, 5.74) is 7.13. The minimum atomic E-state index is -0.911. The number of nitrogens with two attached hydrogens (primary N) is 1. The van der Waals surface area contributed by atoms with Gasteiger partial charge < -0.3 is 10.8 Å². The van der Waals surface area contributed by atoms with Crippen molar-refractivity contribution in [2.75, 3.05) is 0 Å². The lowest BCUT2D eigenvalue weighted by molar-refractivity contribution is -0.136. The highest BCUT2D eigenvalue weighted by molar-refractivity contribution is 5.75. The molecule has 0 aliphatic carbocycles. The Morgan fingerprint density at radius 2 is 1.61 bits per heavy atom. The zero-order chi connectivity index (χ0) is 13.7. The van der Waals surface area contributed by atoms with Gasteiger partial charge in [0.15, 0.2) is 0 Å². The molecule has 0 saturated heterocycles. The van der Waals surface area contributed by atoms with Crippen LogP contribution in [0.15, 0.2) is 0 Å². The van der Waals surface area contributed by atoms with E-state index in [9.17, 15) is 9.59 Å². The average molecular weight is 251 g/mol. The minimum absolute atomic E-state index is 0.0205. The fourth-order valence-corrected chi connectivity index (χ4v) is 1.81. The van der Waals surface area contributed by atoms with E-state index >= 15 is 0 Å². The summed E-state index contributed by atoms with van der Waals surface area (Å²) in [5, 5.41) is 8.89. The molecule has 6 nitrogen and oxygen atoms in total. The molecule has 6 heteroatoms. The van der Waals surface area contributed by atoms with Crippen LogP contribution in [-0.4, -0.2) is 27.0 Å². The van der Waals surface area contributed by atoms with Crippen LogP contribution in [0.2, 0.25) is 0 Å². The van der Waals surface area contributed by atoms with Crippen molar-refractivity contribution < 1.29 is 14.7 Å². The van der Waals surface area contributed by atoms with Crippen molar-refractivity contribution in [1.82, 2.24) is 9.97 Å². The zero-order valence-electron chi connectivity index (χ0n) is 10.6. The predicted molar refractivity (Wildman–Crippen MR) is 65.0 cm³/mol. The highest BCUT2D eigenvalue weighted by Crippen LogP contribution is 2.14. The molecular formula is C12H17N3O3. The van der Waals surface area contributed by atoms with Gasteiger partial charge in [0.25, 0.3) is 0 Å².